The monoisotopic (exact) mass is 458 g/mol. The molecule has 32 heavy (non-hydrogen) atoms. The molecule has 1 aliphatic heterocycles. The highest BCUT2D eigenvalue weighted by Crippen LogP contribution is 2.60. The third-order valence-corrected chi connectivity index (χ3v) is 6.51. The van der Waals surface area contributed by atoms with Crippen molar-refractivity contribution in [2.75, 3.05) is 6.61 Å². The molecule has 7 nitrogen and oxygen atoms in total. The minimum Gasteiger partial charge on any atom is -0.484 e. The molecule has 2 bridgehead atoms. The normalized spacial score (nSPS) is 27.2. The van der Waals surface area contributed by atoms with Gasteiger partial charge in [0.05, 0.1) is 17.0 Å². The SMILES string of the molecule is O=C(COc1ccc(Cl)c(F)c1)NC12CC(NC(=O)[C@H]3CC(=O)c4ccccc4O3)(C1)C2. The van der Waals surface area contributed by atoms with Crippen LogP contribution < -0.4 is 20.1 Å². The Bertz CT molecular complexity index is 1120. The van der Waals surface area contributed by atoms with E-state index in [1.807, 2.05) is 0 Å². The first-order valence-corrected chi connectivity index (χ1v) is 10.6. The maximum absolute atomic E-state index is 13.4. The Morgan fingerprint density at radius 2 is 1.84 bits per heavy atom. The van der Waals surface area contributed by atoms with Gasteiger partial charge < -0.3 is 20.1 Å². The van der Waals surface area contributed by atoms with Gasteiger partial charge in [0.25, 0.3) is 11.8 Å². The topological polar surface area (TPSA) is 93.7 Å². The van der Waals surface area contributed by atoms with E-state index in [1.165, 1.54) is 12.1 Å². The maximum atomic E-state index is 13.4. The highest BCUT2D eigenvalue weighted by Gasteiger charge is 2.69. The zero-order valence-electron chi connectivity index (χ0n) is 17.0. The number of halogens is 2. The van der Waals surface area contributed by atoms with Gasteiger partial charge in [0.1, 0.15) is 17.3 Å². The first-order chi connectivity index (χ1) is 15.3. The van der Waals surface area contributed by atoms with Crippen LogP contribution in [0.5, 0.6) is 11.5 Å². The van der Waals surface area contributed by atoms with Crippen LogP contribution in [-0.2, 0) is 9.59 Å². The first-order valence-electron chi connectivity index (χ1n) is 10.3. The van der Waals surface area contributed by atoms with E-state index in [-0.39, 0.29) is 52.5 Å². The van der Waals surface area contributed by atoms with Crippen molar-refractivity contribution in [3.05, 3.63) is 58.9 Å². The summed E-state index contributed by atoms with van der Waals surface area (Å²) < 4.78 is 24.5. The van der Waals surface area contributed by atoms with Crippen LogP contribution in [0.1, 0.15) is 36.0 Å². The molecule has 3 saturated carbocycles. The van der Waals surface area contributed by atoms with E-state index < -0.39 is 11.9 Å². The number of hydrogen-bond acceptors (Lipinski definition) is 5. The minimum atomic E-state index is -0.856. The van der Waals surface area contributed by atoms with Crippen molar-refractivity contribution in [1.29, 1.82) is 0 Å². The summed E-state index contributed by atoms with van der Waals surface area (Å²) in [6.45, 7) is -0.250. The molecule has 6 rings (SSSR count). The Morgan fingerprint density at radius 1 is 1.12 bits per heavy atom. The molecule has 3 aliphatic carbocycles. The Hall–Kier alpha value is -3.13. The summed E-state index contributed by atoms with van der Waals surface area (Å²) in [6, 6.07) is 10.9. The fourth-order valence-corrected chi connectivity index (χ4v) is 4.98. The fraction of sp³-hybridized carbons (Fsp3) is 0.348. The fourth-order valence-electron chi connectivity index (χ4n) is 4.86. The van der Waals surface area contributed by atoms with Crippen LogP contribution in [0.3, 0.4) is 0 Å². The highest BCUT2D eigenvalue weighted by molar-refractivity contribution is 6.30. The molecule has 1 heterocycles. The number of carbonyl (C=O) groups excluding carboxylic acids is 3. The van der Waals surface area contributed by atoms with Crippen LogP contribution in [0.15, 0.2) is 42.5 Å². The second-order valence-electron chi connectivity index (χ2n) is 8.72. The van der Waals surface area contributed by atoms with E-state index >= 15 is 0 Å². The van der Waals surface area contributed by atoms with E-state index in [0.717, 1.165) is 6.07 Å². The van der Waals surface area contributed by atoms with Crippen LogP contribution in [0.25, 0.3) is 0 Å². The molecule has 2 N–H and O–H groups in total. The molecule has 166 valence electrons. The molecule has 2 aromatic rings. The molecule has 9 heteroatoms. The second kappa shape index (κ2) is 7.48. The second-order valence-corrected chi connectivity index (χ2v) is 9.13. The van der Waals surface area contributed by atoms with Gasteiger partial charge in [-0.3, -0.25) is 14.4 Å². The summed E-state index contributed by atoms with van der Waals surface area (Å²) >= 11 is 5.63. The number of ketones is 1. The van der Waals surface area contributed by atoms with Gasteiger partial charge in [-0.05, 0) is 43.5 Å². The molecule has 0 radical (unpaired) electrons. The molecule has 4 aliphatic rings. The van der Waals surface area contributed by atoms with Crippen LogP contribution in [-0.4, -0.2) is 41.4 Å². The zero-order chi connectivity index (χ0) is 22.5. The highest BCUT2D eigenvalue weighted by atomic mass is 35.5. The molecule has 2 aromatic carbocycles. The third kappa shape index (κ3) is 3.68. The van der Waals surface area contributed by atoms with Gasteiger partial charge in [-0.25, -0.2) is 4.39 Å². The van der Waals surface area contributed by atoms with Gasteiger partial charge in [-0.1, -0.05) is 23.7 Å². The molecule has 0 spiro atoms. The van der Waals surface area contributed by atoms with Gasteiger partial charge >= 0.3 is 0 Å². The standard InChI is InChI=1S/C23H20ClFN2O5/c24-15-6-5-13(7-16(15)25)31-9-20(29)26-22-10-23(11-22,12-22)27-21(30)19-8-17(28)14-3-1-2-4-18(14)32-19/h1-7,19H,8-12H2,(H,26,29)(H,27,30)/t19-,22?,23?/m1/s1. The van der Waals surface area contributed by atoms with Crippen molar-refractivity contribution in [3.63, 3.8) is 0 Å². The maximum Gasteiger partial charge on any atom is 0.261 e. The van der Waals surface area contributed by atoms with Crippen LogP contribution in [0.4, 0.5) is 4.39 Å². The minimum absolute atomic E-state index is 0.00341. The van der Waals surface area contributed by atoms with Crippen molar-refractivity contribution in [1.82, 2.24) is 10.6 Å². The number of para-hydroxylation sites is 1. The Kier molecular flexibility index (Phi) is 4.85. The lowest BCUT2D eigenvalue weighted by Gasteiger charge is -2.70. The van der Waals surface area contributed by atoms with E-state index in [9.17, 15) is 18.8 Å². The molecular weight excluding hydrogens is 439 g/mol. The lowest BCUT2D eigenvalue weighted by atomic mass is 9.44. The van der Waals surface area contributed by atoms with Gasteiger partial charge in [-0.15, -0.1) is 0 Å². The van der Waals surface area contributed by atoms with E-state index in [1.54, 1.807) is 24.3 Å². The summed E-state index contributed by atoms with van der Waals surface area (Å²) in [4.78, 5) is 37.2. The van der Waals surface area contributed by atoms with E-state index in [2.05, 4.69) is 10.6 Å². The van der Waals surface area contributed by atoms with Crippen LogP contribution in [0.2, 0.25) is 5.02 Å². The number of hydrogen-bond donors (Lipinski definition) is 2. The predicted molar refractivity (Wildman–Crippen MR) is 112 cm³/mol. The average molecular weight is 459 g/mol. The number of Topliss-reactive ketones (excluding diaryl/α,β-unsaturated/α-hetero) is 1. The van der Waals surface area contributed by atoms with Crippen molar-refractivity contribution >= 4 is 29.2 Å². The number of fused-ring (bicyclic) bond motifs is 1. The number of amides is 2. The van der Waals surface area contributed by atoms with Gasteiger partial charge in [0, 0.05) is 17.1 Å². The molecule has 0 unspecified atom stereocenters. The number of ether oxygens (including phenoxy) is 2. The molecule has 1 atom stereocenters. The summed E-state index contributed by atoms with van der Waals surface area (Å²) in [5.74, 6) is -0.737. The lowest BCUT2D eigenvalue weighted by Crippen LogP contribution is -2.84. The van der Waals surface area contributed by atoms with Crippen molar-refractivity contribution in [3.8, 4) is 11.5 Å². The summed E-state index contributed by atoms with van der Waals surface area (Å²) in [6.07, 6.45) is 0.952. The smallest absolute Gasteiger partial charge is 0.261 e. The van der Waals surface area contributed by atoms with Gasteiger partial charge in [-0.2, -0.15) is 0 Å². The van der Waals surface area contributed by atoms with E-state index in [4.69, 9.17) is 21.1 Å². The molecule has 3 fully saturated rings. The van der Waals surface area contributed by atoms with Gasteiger partial charge in [0.2, 0.25) is 0 Å². The predicted octanol–water partition coefficient (Wildman–Crippen LogP) is 2.80. The summed E-state index contributed by atoms with van der Waals surface area (Å²) in [7, 11) is 0. The lowest BCUT2D eigenvalue weighted by molar-refractivity contribution is -0.154. The van der Waals surface area contributed by atoms with Crippen LogP contribution >= 0.6 is 11.6 Å². The Balaban J connectivity index is 1.10. The molecule has 0 saturated heterocycles. The third-order valence-electron chi connectivity index (χ3n) is 6.20. The first kappa shape index (κ1) is 20.8. The number of benzene rings is 2. The Labute approximate surface area is 188 Å². The van der Waals surface area contributed by atoms with Crippen molar-refractivity contribution in [2.45, 2.75) is 42.9 Å². The van der Waals surface area contributed by atoms with Crippen molar-refractivity contribution in [2.24, 2.45) is 0 Å². The van der Waals surface area contributed by atoms with Gasteiger partial charge in [0.15, 0.2) is 18.5 Å². The molecule has 2 amide bonds. The van der Waals surface area contributed by atoms with Crippen molar-refractivity contribution < 1.29 is 28.2 Å². The average Bonchev–Trinajstić information content (AvgIpc) is 2.72. The number of rotatable bonds is 6. The Morgan fingerprint density at radius 3 is 2.59 bits per heavy atom. The van der Waals surface area contributed by atoms with Crippen LogP contribution in [0, 0.1) is 5.82 Å². The number of carbonyl (C=O) groups is 3. The zero-order valence-corrected chi connectivity index (χ0v) is 17.7. The summed E-state index contributed by atoms with van der Waals surface area (Å²) in [5.41, 5.74) is -0.254. The largest absolute Gasteiger partial charge is 0.484 e. The molecule has 0 aromatic heterocycles. The molecular formula is C23H20ClFN2O5. The number of nitrogens with one attached hydrogen (secondary N) is 2. The van der Waals surface area contributed by atoms with E-state index in [0.29, 0.717) is 30.6 Å². The summed E-state index contributed by atoms with van der Waals surface area (Å²) in [5, 5.41) is 5.91. The quantitative estimate of drug-likeness (QED) is 0.694.